The van der Waals surface area contributed by atoms with E-state index in [0.29, 0.717) is 19.8 Å². The monoisotopic (exact) mass is 469 g/mol. The molecule has 1 amide bonds. The van der Waals surface area contributed by atoms with Crippen LogP contribution in [0.2, 0.25) is 0 Å². The van der Waals surface area contributed by atoms with Crippen molar-refractivity contribution in [3.8, 4) is 11.5 Å². The van der Waals surface area contributed by atoms with Crippen molar-refractivity contribution in [2.75, 3.05) is 19.8 Å². The number of aryl methyl sites for hydroxylation is 1. The van der Waals surface area contributed by atoms with Gasteiger partial charge in [0.2, 0.25) is 0 Å². The summed E-state index contributed by atoms with van der Waals surface area (Å²) < 4.78 is 17.7. The Balaban J connectivity index is 2.28. The molecule has 0 bridgehead atoms. The van der Waals surface area contributed by atoms with Gasteiger partial charge in [0.1, 0.15) is 17.1 Å². The lowest BCUT2D eigenvalue weighted by Gasteiger charge is -2.32. The van der Waals surface area contributed by atoms with Crippen LogP contribution in [0.1, 0.15) is 84.0 Å². The molecule has 0 saturated heterocycles. The van der Waals surface area contributed by atoms with Gasteiger partial charge in [-0.3, -0.25) is 0 Å². The van der Waals surface area contributed by atoms with E-state index in [1.165, 1.54) is 5.56 Å². The van der Waals surface area contributed by atoms with E-state index in [1.54, 1.807) is 0 Å². The Bertz CT molecular complexity index is 862. The summed E-state index contributed by atoms with van der Waals surface area (Å²) >= 11 is 0. The third-order valence-electron chi connectivity index (χ3n) is 5.68. The predicted molar refractivity (Wildman–Crippen MR) is 139 cm³/mol. The van der Waals surface area contributed by atoms with Gasteiger partial charge in [-0.2, -0.15) is 0 Å². The second kappa shape index (κ2) is 13.3. The summed E-state index contributed by atoms with van der Waals surface area (Å²) in [7, 11) is 0. The molecule has 34 heavy (non-hydrogen) atoms. The quantitative estimate of drug-likeness (QED) is 0.305. The number of hydrogen-bond donors (Lipinski definition) is 0. The Hall–Kier alpha value is -2.69. The van der Waals surface area contributed by atoms with Crippen LogP contribution >= 0.6 is 0 Å². The topological polar surface area (TPSA) is 48.0 Å². The molecular weight excluding hydrogens is 426 g/mol. The molecule has 0 radical (unpaired) electrons. The second-order valence-corrected chi connectivity index (χ2v) is 9.51. The highest BCUT2D eigenvalue weighted by molar-refractivity contribution is 5.69. The average Bonchev–Trinajstić information content (AvgIpc) is 2.78. The van der Waals surface area contributed by atoms with Crippen LogP contribution in [0.3, 0.4) is 0 Å². The van der Waals surface area contributed by atoms with Gasteiger partial charge >= 0.3 is 6.09 Å². The normalized spacial score (nSPS) is 12.2. The third kappa shape index (κ3) is 8.27. The molecule has 0 aliphatic heterocycles. The molecule has 188 valence electrons. The van der Waals surface area contributed by atoms with Crippen LogP contribution in [0.5, 0.6) is 11.5 Å². The van der Waals surface area contributed by atoms with E-state index in [2.05, 4.69) is 43.3 Å². The number of amides is 1. The highest BCUT2D eigenvalue weighted by Gasteiger charge is 2.28. The van der Waals surface area contributed by atoms with Gasteiger partial charge in [0.25, 0.3) is 0 Å². The molecule has 0 unspecified atom stereocenters. The van der Waals surface area contributed by atoms with Crippen LogP contribution < -0.4 is 9.47 Å². The van der Waals surface area contributed by atoms with Crippen molar-refractivity contribution in [1.82, 2.24) is 4.90 Å². The summed E-state index contributed by atoms with van der Waals surface area (Å²) in [5, 5.41) is 0. The number of carbonyl (C=O) groups is 1. The van der Waals surface area contributed by atoms with Crippen LogP contribution in [-0.2, 0) is 17.6 Å². The number of nitrogens with zero attached hydrogens (tertiary/aromatic N) is 1. The van der Waals surface area contributed by atoms with Crippen molar-refractivity contribution in [2.45, 2.75) is 85.8 Å². The first-order valence-electron chi connectivity index (χ1n) is 12.7. The number of hydrogen-bond acceptors (Lipinski definition) is 4. The maximum Gasteiger partial charge on any atom is 0.410 e. The van der Waals surface area contributed by atoms with Crippen LogP contribution in [0, 0.1) is 0 Å². The number of ether oxygens (including phenoxy) is 3. The van der Waals surface area contributed by atoms with Gasteiger partial charge in [-0.15, -0.1) is 0 Å². The Labute approximate surface area is 206 Å². The molecule has 2 aromatic rings. The standard InChI is InChI=1S/C29H43NO4/c1-8-25-26(32-9-2)20-24(21-27(25)33-10-3)22(4)30(28(31)34-29(5,6)7)19-15-14-18-23-16-12-11-13-17-23/h11-13,16-17,20-22H,8-10,14-15,18-19H2,1-7H3/t22-/m1/s1. The molecule has 0 spiro atoms. The molecule has 0 aromatic heterocycles. The molecule has 0 N–H and O–H groups in total. The molecule has 2 aromatic carbocycles. The fraction of sp³-hybridized carbons (Fsp3) is 0.552. The number of carbonyl (C=O) groups excluding carboxylic acids is 1. The van der Waals surface area contributed by atoms with Gasteiger partial charge in [0.15, 0.2) is 0 Å². The summed E-state index contributed by atoms with van der Waals surface area (Å²) in [6.07, 6.45) is 3.40. The van der Waals surface area contributed by atoms with E-state index < -0.39 is 5.60 Å². The van der Waals surface area contributed by atoms with Crippen molar-refractivity contribution in [1.29, 1.82) is 0 Å². The van der Waals surface area contributed by atoms with E-state index >= 15 is 0 Å². The second-order valence-electron chi connectivity index (χ2n) is 9.51. The highest BCUT2D eigenvalue weighted by Crippen LogP contribution is 2.36. The molecule has 0 aliphatic rings. The molecule has 0 aliphatic carbocycles. The smallest absolute Gasteiger partial charge is 0.410 e. The van der Waals surface area contributed by atoms with Gasteiger partial charge in [-0.25, -0.2) is 4.79 Å². The molecular formula is C29H43NO4. The maximum atomic E-state index is 13.2. The average molecular weight is 470 g/mol. The summed E-state index contributed by atoms with van der Waals surface area (Å²) in [6.45, 7) is 15.6. The van der Waals surface area contributed by atoms with Crippen molar-refractivity contribution >= 4 is 6.09 Å². The fourth-order valence-electron chi connectivity index (χ4n) is 4.00. The predicted octanol–water partition coefficient (Wildman–Crippen LogP) is 7.37. The minimum atomic E-state index is -0.557. The molecule has 2 rings (SSSR count). The number of unbranched alkanes of at least 4 members (excludes halogenated alkanes) is 1. The van der Waals surface area contributed by atoms with E-state index in [4.69, 9.17) is 14.2 Å². The van der Waals surface area contributed by atoms with Crippen LogP contribution in [-0.4, -0.2) is 36.4 Å². The lowest BCUT2D eigenvalue weighted by atomic mass is 10.0. The van der Waals surface area contributed by atoms with E-state index in [0.717, 1.165) is 48.3 Å². The maximum absolute atomic E-state index is 13.2. The van der Waals surface area contributed by atoms with Crippen LogP contribution in [0.25, 0.3) is 0 Å². The van der Waals surface area contributed by atoms with Crippen molar-refractivity contribution in [3.63, 3.8) is 0 Å². The lowest BCUT2D eigenvalue weighted by molar-refractivity contribution is 0.0169. The van der Waals surface area contributed by atoms with Gasteiger partial charge < -0.3 is 19.1 Å². The van der Waals surface area contributed by atoms with Gasteiger partial charge in [0.05, 0.1) is 19.3 Å². The third-order valence-corrected chi connectivity index (χ3v) is 5.68. The molecule has 0 saturated carbocycles. The van der Waals surface area contributed by atoms with E-state index in [-0.39, 0.29) is 12.1 Å². The number of rotatable bonds is 12. The summed E-state index contributed by atoms with van der Waals surface area (Å²) in [6, 6.07) is 14.4. The van der Waals surface area contributed by atoms with Gasteiger partial charge in [-0.1, -0.05) is 37.3 Å². The molecule has 5 heteroatoms. The Morgan fingerprint density at radius 2 is 1.53 bits per heavy atom. The molecule has 1 atom stereocenters. The largest absolute Gasteiger partial charge is 0.493 e. The first-order chi connectivity index (χ1) is 16.2. The SMILES string of the molecule is CCOc1cc([C@@H](C)N(CCCCc2ccccc2)C(=O)OC(C)(C)C)cc(OCC)c1CC. The lowest BCUT2D eigenvalue weighted by Crippen LogP contribution is -2.39. The minimum absolute atomic E-state index is 0.184. The Kier molecular flexibility index (Phi) is 10.7. The van der Waals surface area contributed by atoms with Crippen molar-refractivity contribution in [2.24, 2.45) is 0 Å². The van der Waals surface area contributed by atoms with Crippen LogP contribution in [0.15, 0.2) is 42.5 Å². The summed E-state index contributed by atoms with van der Waals surface area (Å²) in [5.41, 5.74) is 2.81. The molecule has 0 fully saturated rings. The zero-order valence-electron chi connectivity index (χ0n) is 22.1. The summed E-state index contributed by atoms with van der Waals surface area (Å²) in [5.74, 6) is 1.65. The van der Waals surface area contributed by atoms with Gasteiger partial charge in [0, 0.05) is 12.1 Å². The Morgan fingerprint density at radius 3 is 2.03 bits per heavy atom. The fourth-order valence-corrected chi connectivity index (χ4v) is 4.00. The number of benzene rings is 2. The zero-order valence-corrected chi connectivity index (χ0v) is 22.1. The van der Waals surface area contributed by atoms with Crippen molar-refractivity contribution < 1.29 is 19.0 Å². The van der Waals surface area contributed by atoms with Crippen LogP contribution in [0.4, 0.5) is 4.79 Å². The van der Waals surface area contributed by atoms with Crippen molar-refractivity contribution in [3.05, 3.63) is 59.2 Å². The first kappa shape index (κ1) is 27.6. The van der Waals surface area contributed by atoms with E-state index in [9.17, 15) is 4.79 Å². The first-order valence-corrected chi connectivity index (χ1v) is 12.7. The molecule has 5 nitrogen and oxygen atoms in total. The molecule has 0 heterocycles. The summed E-state index contributed by atoms with van der Waals surface area (Å²) in [4.78, 5) is 15.1. The highest BCUT2D eigenvalue weighted by atomic mass is 16.6. The zero-order chi connectivity index (χ0) is 25.1. The van der Waals surface area contributed by atoms with Gasteiger partial charge in [-0.05, 0) is 90.5 Å². The minimum Gasteiger partial charge on any atom is -0.493 e. The van der Waals surface area contributed by atoms with E-state index in [1.807, 2.05) is 52.5 Å². The Morgan fingerprint density at radius 1 is 0.941 bits per heavy atom.